The van der Waals surface area contributed by atoms with Gasteiger partial charge < -0.3 is 19.8 Å². The highest BCUT2D eigenvalue weighted by Gasteiger charge is 2.27. The van der Waals surface area contributed by atoms with Crippen LogP contribution in [0.5, 0.6) is 0 Å². The van der Waals surface area contributed by atoms with Gasteiger partial charge >= 0.3 is 7.82 Å². The Morgan fingerprint density at radius 1 is 0.635 bits per heavy atom. The minimum absolute atomic E-state index is 0.0543. The highest BCUT2D eigenvalue weighted by Crippen LogP contribution is 2.43. The normalized spacial score (nSPS) is 14.8. The number of unbranched alkanes of at least 4 members (excludes halogenated alkanes) is 21. The molecule has 3 unspecified atom stereocenters. The van der Waals surface area contributed by atoms with Gasteiger partial charge in [0.15, 0.2) is 0 Å². The molecular weight excluding hydrogens is 671 g/mol. The third kappa shape index (κ3) is 37.1. The molecule has 0 aromatic heterocycles. The molecule has 0 saturated carbocycles. The van der Waals surface area contributed by atoms with Crippen molar-refractivity contribution in [1.29, 1.82) is 0 Å². The Balaban J connectivity index is 4.48. The molecule has 0 bridgehead atoms. The highest BCUT2D eigenvalue weighted by atomic mass is 31.2. The first-order chi connectivity index (χ1) is 25.0. The molecule has 9 heteroatoms. The van der Waals surface area contributed by atoms with Gasteiger partial charge in [0.05, 0.1) is 39.9 Å². The lowest BCUT2D eigenvalue weighted by Gasteiger charge is -2.25. The molecule has 0 aromatic carbocycles. The molecule has 8 nitrogen and oxygen atoms in total. The molecule has 0 rings (SSSR count). The second kappa shape index (κ2) is 35.4. The fourth-order valence-electron chi connectivity index (χ4n) is 5.86. The Labute approximate surface area is 321 Å². The Kier molecular flexibility index (Phi) is 34.6. The minimum atomic E-state index is -4.34. The van der Waals surface area contributed by atoms with Gasteiger partial charge in [0.25, 0.3) is 0 Å². The van der Waals surface area contributed by atoms with E-state index in [0.29, 0.717) is 17.4 Å². The summed E-state index contributed by atoms with van der Waals surface area (Å²) in [6, 6.07) is -0.864. The van der Waals surface area contributed by atoms with Gasteiger partial charge in [-0.05, 0) is 51.4 Å². The number of allylic oxidation sites excluding steroid dienone is 5. The Bertz CT molecular complexity index is 948. The van der Waals surface area contributed by atoms with Crippen LogP contribution in [-0.4, -0.2) is 73.4 Å². The standard InChI is InChI=1S/C43H83N2O6P/c1-6-8-10-12-14-16-18-19-20-21-22-23-24-25-27-28-30-32-34-36-42(46)41(40-51-52(48,49)50-39-38-45(3,4)5)44-43(47)37-35-33-31-29-26-17-15-13-11-9-7-2/h13,15,27-28,34,36,41-42,46H,6-12,14,16-26,29-33,35,37-40H2,1-5H3,(H-,44,47,48,49)/p+1/b15-13-,28-27+,36-34+. The number of nitrogens with zero attached hydrogens (tertiary/aromatic N) is 1. The van der Waals surface area contributed by atoms with Gasteiger partial charge in [0, 0.05) is 6.42 Å². The van der Waals surface area contributed by atoms with Gasteiger partial charge in [-0.3, -0.25) is 13.8 Å². The number of carbonyl (C=O) groups is 1. The number of hydrogen-bond acceptors (Lipinski definition) is 5. The van der Waals surface area contributed by atoms with Crippen molar-refractivity contribution >= 4 is 13.7 Å². The molecular formula is C43H84N2O6P+. The first-order valence-corrected chi connectivity index (χ1v) is 22.9. The number of carbonyl (C=O) groups excluding carboxylic acids is 1. The van der Waals surface area contributed by atoms with Crippen LogP contribution < -0.4 is 5.32 Å². The molecule has 0 saturated heterocycles. The van der Waals surface area contributed by atoms with E-state index < -0.39 is 20.0 Å². The van der Waals surface area contributed by atoms with Crippen molar-refractivity contribution in [3.8, 4) is 0 Å². The number of hydrogen-bond donors (Lipinski definition) is 3. The predicted molar refractivity (Wildman–Crippen MR) is 221 cm³/mol. The van der Waals surface area contributed by atoms with E-state index in [9.17, 15) is 19.4 Å². The Morgan fingerprint density at radius 3 is 1.60 bits per heavy atom. The average molecular weight is 756 g/mol. The lowest BCUT2D eigenvalue weighted by atomic mass is 10.0. The Morgan fingerprint density at radius 2 is 1.08 bits per heavy atom. The number of likely N-dealkylation sites (N-methyl/N-ethyl adjacent to an activating group) is 1. The number of nitrogens with one attached hydrogen (secondary N) is 1. The maximum Gasteiger partial charge on any atom is 0.472 e. The molecule has 0 aliphatic carbocycles. The number of rotatable bonds is 38. The van der Waals surface area contributed by atoms with Crippen molar-refractivity contribution in [3.63, 3.8) is 0 Å². The molecule has 0 aromatic rings. The summed E-state index contributed by atoms with van der Waals surface area (Å²) >= 11 is 0. The van der Waals surface area contributed by atoms with Crippen molar-refractivity contribution in [1.82, 2.24) is 5.32 Å². The molecule has 52 heavy (non-hydrogen) atoms. The van der Waals surface area contributed by atoms with E-state index in [1.54, 1.807) is 6.08 Å². The van der Waals surface area contributed by atoms with Crippen molar-refractivity contribution in [3.05, 3.63) is 36.5 Å². The van der Waals surface area contributed by atoms with E-state index in [-0.39, 0.29) is 19.1 Å². The van der Waals surface area contributed by atoms with Crippen molar-refractivity contribution in [2.24, 2.45) is 0 Å². The largest absolute Gasteiger partial charge is 0.472 e. The van der Waals surface area contributed by atoms with Crippen LogP contribution in [0, 0.1) is 0 Å². The zero-order chi connectivity index (χ0) is 38.6. The van der Waals surface area contributed by atoms with Crippen LogP contribution in [0.3, 0.4) is 0 Å². The molecule has 0 aliphatic rings. The molecule has 0 aliphatic heterocycles. The predicted octanol–water partition coefficient (Wildman–Crippen LogP) is 11.5. The van der Waals surface area contributed by atoms with E-state index in [0.717, 1.165) is 51.4 Å². The van der Waals surface area contributed by atoms with Crippen LogP contribution in [0.25, 0.3) is 0 Å². The van der Waals surface area contributed by atoms with Crippen LogP contribution >= 0.6 is 7.82 Å². The second-order valence-corrected chi connectivity index (χ2v) is 17.2. The van der Waals surface area contributed by atoms with Crippen LogP contribution in [0.4, 0.5) is 0 Å². The molecule has 3 N–H and O–H groups in total. The number of aliphatic hydroxyl groups is 1. The summed E-state index contributed by atoms with van der Waals surface area (Å²) in [5.74, 6) is -0.199. The molecule has 0 spiro atoms. The third-order valence-electron chi connectivity index (χ3n) is 9.33. The first kappa shape index (κ1) is 50.7. The van der Waals surface area contributed by atoms with Crippen molar-refractivity contribution < 1.29 is 32.9 Å². The smallest absolute Gasteiger partial charge is 0.387 e. The Hall–Kier alpha value is -1.28. The van der Waals surface area contributed by atoms with Gasteiger partial charge in [-0.15, -0.1) is 0 Å². The van der Waals surface area contributed by atoms with Gasteiger partial charge in [-0.25, -0.2) is 4.57 Å². The maximum absolute atomic E-state index is 12.8. The lowest BCUT2D eigenvalue weighted by molar-refractivity contribution is -0.870. The molecule has 3 atom stereocenters. The van der Waals surface area contributed by atoms with E-state index in [1.807, 2.05) is 27.2 Å². The number of aliphatic hydroxyl groups excluding tert-OH is 1. The van der Waals surface area contributed by atoms with E-state index >= 15 is 0 Å². The van der Waals surface area contributed by atoms with Crippen molar-refractivity contribution in [2.75, 3.05) is 40.9 Å². The SMILES string of the molecule is CCCC/C=C\CCCCCCCC(=O)NC(COP(=O)(O)OCC[N+](C)(C)C)C(O)/C=C/CC/C=C/CCCCCCCCCCCCCCC. The van der Waals surface area contributed by atoms with Gasteiger partial charge in [0.1, 0.15) is 13.2 Å². The van der Waals surface area contributed by atoms with Crippen LogP contribution in [0.1, 0.15) is 181 Å². The number of amides is 1. The van der Waals surface area contributed by atoms with E-state index in [4.69, 9.17) is 9.05 Å². The van der Waals surface area contributed by atoms with Crippen LogP contribution in [0.2, 0.25) is 0 Å². The number of phosphoric acid groups is 1. The fraction of sp³-hybridized carbons (Fsp3) is 0.837. The molecule has 1 amide bonds. The third-order valence-corrected chi connectivity index (χ3v) is 10.3. The second-order valence-electron chi connectivity index (χ2n) is 15.7. The lowest BCUT2D eigenvalue weighted by Crippen LogP contribution is -2.45. The summed E-state index contributed by atoms with van der Waals surface area (Å²) in [7, 11) is 1.55. The monoisotopic (exact) mass is 756 g/mol. The van der Waals surface area contributed by atoms with Gasteiger partial charge in [-0.2, -0.15) is 0 Å². The first-order valence-electron chi connectivity index (χ1n) is 21.4. The maximum atomic E-state index is 12.8. The highest BCUT2D eigenvalue weighted by molar-refractivity contribution is 7.47. The zero-order valence-corrected chi connectivity index (χ0v) is 35.4. The van der Waals surface area contributed by atoms with Gasteiger partial charge in [-0.1, -0.05) is 159 Å². The van der Waals surface area contributed by atoms with E-state index in [2.05, 4.69) is 43.5 Å². The minimum Gasteiger partial charge on any atom is -0.387 e. The topological polar surface area (TPSA) is 105 Å². The summed E-state index contributed by atoms with van der Waals surface area (Å²) in [6.45, 7) is 4.73. The van der Waals surface area contributed by atoms with Crippen LogP contribution in [0.15, 0.2) is 36.5 Å². The number of phosphoric ester groups is 1. The average Bonchev–Trinajstić information content (AvgIpc) is 3.09. The van der Waals surface area contributed by atoms with Gasteiger partial charge in [0.2, 0.25) is 5.91 Å². The molecule has 306 valence electrons. The number of quaternary nitrogens is 1. The van der Waals surface area contributed by atoms with Crippen LogP contribution in [-0.2, 0) is 18.4 Å². The summed E-state index contributed by atoms with van der Waals surface area (Å²) in [5, 5.41) is 13.8. The fourth-order valence-corrected chi connectivity index (χ4v) is 6.60. The quantitative estimate of drug-likeness (QED) is 0.0251. The van der Waals surface area contributed by atoms with E-state index in [1.165, 1.54) is 109 Å². The van der Waals surface area contributed by atoms with Crippen molar-refractivity contribution in [2.45, 2.75) is 193 Å². The summed E-state index contributed by atoms with van der Waals surface area (Å²) in [4.78, 5) is 23.0. The zero-order valence-electron chi connectivity index (χ0n) is 34.5. The molecule has 0 radical (unpaired) electrons. The summed E-state index contributed by atoms with van der Waals surface area (Å²) in [5.41, 5.74) is 0. The summed E-state index contributed by atoms with van der Waals surface area (Å²) < 4.78 is 23.5. The molecule has 0 fully saturated rings. The molecule has 0 heterocycles. The summed E-state index contributed by atoms with van der Waals surface area (Å²) in [6.07, 6.45) is 42.2.